The second-order valence-electron chi connectivity index (χ2n) is 8.21. The first-order valence-corrected chi connectivity index (χ1v) is 11.9. The number of amides is 2. The number of benzene rings is 2. The van der Waals surface area contributed by atoms with Gasteiger partial charge in [0.1, 0.15) is 11.6 Å². The maximum absolute atomic E-state index is 13.0. The van der Waals surface area contributed by atoms with Crippen molar-refractivity contribution >= 4 is 17.6 Å². The van der Waals surface area contributed by atoms with E-state index in [1.165, 1.54) is 0 Å². The fourth-order valence-corrected chi connectivity index (χ4v) is 3.62. The molecule has 0 aliphatic heterocycles. The second-order valence-corrected chi connectivity index (χ2v) is 8.21. The minimum Gasteiger partial charge on any atom is -0.497 e. The van der Waals surface area contributed by atoms with E-state index in [2.05, 4.69) is 19.2 Å². The van der Waals surface area contributed by atoms with Gasteiger partial charge in [-0.2, -0.15) is 5.10 Å². The molecule has 2 amide bonds. The summed E-state index contributed by atoms with van der Waals surface area (Å²) in [5.74, 6) is 1.07. The number of carbonyl (C=O) groups is 2. The summed E-state index contributed by atoms with van der Waals surface area (Å²) in [6, 6.07) is 19.1. The highest BCUT2D eigenvalue weighted by Crippen LogP contribution is 2.25. The van der Waals surface area contributed by atoms with Crippen LogP contribution >= 0.6 is 0 Å². The van der Waals surface area contributed by atoms with Gasteiger partial charge in [-0.05, 0) is 37.1 Å². The third-order valence-corrected chi connectivity index (χ3v) is 5.58. The van der Waals surface area contributed by atoms with E-state index >= 15 is 0 Å². The number of carbonyl (C=O) groups excluding carboxylic acids is 2. The molecule has 3 aromatic rings. The molecular weight excluding hydrogens is 428 g/mol. The molecule has 1 N–H and O–H groups in total. The van der Waals surface area contributed by atoms with Crippen LogP contribution in [0.4, 0.5) is 5.82 Å². The van der Waals surface area contributed by atoms with Gasteiger partial charge in [-0.15, -0.1) is 0 Å². The van der Waals surface area contributed by atoms with Gasteiger partial charge in [-0.25, -0.2) is 4.68 Å². The van der Waals surface area contributed by atoms with Gasteiger partial charge in [-0.1, -0.05) is 57.0 Å². The number of rotatable bonds is 12. The Morgan fingerprint density at radius 3 is 2.35 bits per heavy atom. The molecule has 1 heterocycles. The van der Waals surface area contributed by atoms with E-state index in [-0.39, 0.29) is 18.4 Å². The van der Waals surface area contributed by atoms with E-state index in [1.54, 1.807) is 16.7 Å². The highest BCUT2D eigenvalue weighted by atomic mass is 16.5. The number of nitrogens with one attached hydrogen (secondary N) is 1. The van der Waals surface area contributed by atoms with Gasteiger partial charge in [0.25, 0.3) is 0 Å². The largest absolute Gasteiger partial charge is 0.497 e. The molecule has 3 rings (SSSR count). The lowest BCUT2D eigenvalue weighted by Crippen LogP contribution is -2.38. The molecule has 0 saturated heterocycles. The molecule has 0 fully saturated rings. The Labute approximate surface area is 201 Å². The van der Waals surface area contributed by atoms with Crippen molar-refractivity contribution in [2.24, 2.45) is 0 Å². The Balaban J connectivity index is 1.85. The first kappa shape index (κ1) is 25.0. The van der Waals surface area contributed by atoms with E-state index in [1.807, 2.05) is 60.7 Å². The van der Waals surface area contributed by atoms with E-state index in [0.717, 1.165) is 48.4 Å². The average molecular weight is 463 g/mol. The molecule has 0 aliphatic carbocycles. The zero-order valence-corrected chi connectivity index (χ0v) is 20.3. The lowest BCUT2D eigenvalue weighted by Gasteiger charge is -2.22. The summed E-state index contributed by atoms with van der Waals surface area (Å²) >= 11 is 0. The standard InChI is InChI=1S/C27H34N4O3/c1-4-6-13-27(33)30(18-7-5-2)20-26(32)28-25-19-24(21-11-9-8-10-12-21)29-31(25)22-14-16-23(34-3)17-15-22/h8-12,14-17,19H,4-7,13,18,20H2,1-3H3,(H,28,32). The molecule has 2 aromatic carbocycles. The van der Waals surface area contributed by atoms with Crippen LogP contribution in [0.3, 0.4) is 0 Å². The third-order valence-electron chi connectivity index (χ3n) is 5.58. The van der Waals surface area contributed by atoms with Gasteiger partial charge in [0.15, 0.2) is 0 Å². The van der Waals surface area contributed by atoms with E-state index in [0.29, 0.717) is 18.8 Å². The molecule has 0 unspecified atom stereocenters. The number of unbranched alkanes of at least 4 members (excludes halogenated alkanes) is 2. The first-order chi connectivity index (χ1) is 16.5. The molecule has 34 heavy (non-hydrogen) atoms. The van der Waals surface area contributed by atoms with Crippen molar-refractivity contribution < 1.29 is 14.3 Å². The number of anilines is 1. The summed E-state index contributed by atoms with van der Waals surface area (Å²) in [6.45, 7) is 4.74. The van der Waals surface area contributed by atoms with Gasteiger partial charge in [0.2, 0.25) is 11.8 Å². The monoisotopic (exact) mass is 462 g/mol. The predicted molar refractivity (Wildman–Crippen MR) is 135 cm³/mol. The van der Waals surface area contributed by atoms with Crippen LogP contribution in [0, 0.1) is 0 Å². The van der Waals surface area contributed by atoms with Crippen LogP contribution in [0.2, 0.25) is 0 Å². The van der Waals surface area contributed by atoms with Crippen LogP contribution in [0.15, 0.2) is 60.7 Å². The molecule has 180 valence electrons. The van der Waals surface area contributed by atoms with E-state index in [4.69, 9.17) is 9.84 Å². The lowest BCUT2D eigenvalue weighted by atomic mass is 10.1. The lowest BCUT2D eigenvalue weighted by molar-refractivity contribution is -0.134. The Bertz CT molecular complexity index is 1060. The van der Waals surface area contributed by atoms with Crippen LogP contribution in [-0.4, -0.2) is 46.7 Å². The number of nitrogens with zero attached hydrogens (tertiary/aromatic N) is 3. The highest BCUT2D eigenvalue weighted by Gasteiger charge is 2.19. The van der Waals surface area contributed by atoms with Crippen LogP contribution in [0.25, 0.3) is 16.9 Å². The minimum absolute atomic E-state index is 0.0248. The Kier molecular flexibility index (Phi) is 9.26. The summed E-state index contributed by atoms with van der Waals surface area (Å²) in [5.41, 5.74) is 2.48. The smallest absolute Gasteiger partial charge is 0.245 e. The van der Waals surface area contributed by atoms with Crippen LogP contribution in [0.1, 0.15) is 46.0 Å². The zero-order valence-electron chi connectivity index (χ0n) is 20.3. The van der Waals surface area contributed by atoms with E-state index < -0.39 is 0 Å². The normalized spacial score (nSPS) is 10.7. The maximum atomic E-state index is 13.0. The maximum Gasteiger partial charge on any atom is 0.245 e. The van der Waals surface area contributed by atoms with Crippen molar-refractivity contribution in [1.82, 2.24) is 14.7 Å². The van der Waals surface area contributed by atoms with Crippen LogP contribution in [-0.2, 0) is 9.59 Å². The molecule has 0 saturated carbocycles. The molecule has 1 aromatic heterocycles. The Morgan fingerprint density at radius 2 is 1.71 bits per heavy atom. The summed E-state index contributed by atoms with van der Waals surface area (Å²) in [4.78, 5) is 27.3. The number of ether oxygens (including phenoxy) is 1. The molecule has 7 nitrogen and oxygen atoms in total. The molecule has 0 radical (unpaired) electrons. The van der Waals surface area contributed by atoms with Gasteiger partial charge >= 0.3 is 0 Å². The van der Waals surface area contributed by atoms with Gasteiger partial charge in [0, 0.05) is 24.6 Å². The quantitative estimate of drug-likeness (QED) is 0.396. The predicted octanol–water partition coefficient (Wildman–Crippen LogP) is 5.31. The molecule has 0 spiro atoms. The van der Waals surface area contributed by atoms with Crippen molar-refractivity contribution in [3.8, 4) is 22.7 Å². The topological polar surface area (TPSA) is 76.5 Å². The number of hydrogen-bond acceptors (Lipinski definition) is 4. The minimum atomic E-state index is -0.241. The fraction of sp³-hybridized carbons (Fsp3) is 0.370. The summed E-state index contributed by atoms with van der Waals surface area (Å²) in [6.07, 6.45) is 4.07. The van der Waals surface area contributed by atoms with Gasteiger partial charge in [-0.3, -0.25) is 9.59 Å². The first-order valence-electron chi connectivity index (χ1n) is 11.9. The van der Waals surface area contributed by atoms with Crippen molar-refractivity contribution in [3.05, 3.63) is 60.7 Å². The van der Waals surface area contributed by atoms with Gasteiger partial charge < -0.3 is 15.0 Å². The number of methoxy groups -OCH3 is 1. The SMILES string of the molecule is CCCCC(=O)N(CCCC)CC(=O)Nc1cc(-c2ccccc2)nn1-c1ccc(OC)cc1. The van der Waals surface area contributed by atoms with Crippen LogP contribution < -0.4 is 10.1 Å². The molecule has 7 heteroatoms. The number of aromatic nitrogens is 2. The molecule has 0 aliphatic rings. The van der Waals surface area contributed by atoms with Crippen LogP contribution in [0.5, 0.6) is 5.75 Å². The van der Waals surface area contributed by atoms with Crippen molar-refractivity contribution in [2.75, 3.05) is 25.5 Å². The summed E-state index contributed by atoms with van der Waals surface area (Å²) in [7, 11) is 1.62. The zero-order chi connectivity index (χ0) is 24.3. The Morgan fingerprint density at radius 1 is 1.00 bits per heavy atom. The summed E-state index contributed by atoms with van der Waals surface area (Å²) < 4.78 is 6.97. The average Bonchev–Trinajstić information content (AvgIpc) is 3.29. The van der Waals surface area contributed by atoms with Gasteiger partial charge in [0.05, 0.1) is 25.0 Å². The van der Waals surface area contributed by atoms with Crippen molar-refractivity contribution in [3.63, 3.8) is 0 Å². The van der Waals surface area contributed by atoms with E-state index in [9.17, 15) is 9.59 Å². The molecule has 0 atom stereocenters. The third kappa shape index (κ3) is 6.70. The molecule has 0 bridgehead atoms. The van der Waals surface area contributed by atoms with Crippen molar-refractivity contribution in [2.45, 2.75) is 46.0 Å². The Hall–Kier alpha value is -3.61. The molecular formula is C27H34N4O3. The summed E-state index contributed by atoms with van der Waals surface area (Å²) in [5, 5.41) is 7.73. The fourth-order valence-electron chi connectivity index (χ4n) is 3.62. The number of hydrogen-bond donors (Lipinski definition) is 1. The van der Waals surface area contributed by atoms with Crippen molar-refractivity contribution in [1.29, 1.82) is 0 Å². The highest BCUT2D eigenvalue weighted by molar-refractivity contribution is 5.94. The second kappa shape index (κ2) is 12.6.